The molecule has 0 aromatic heterocycles. The Morgan fingerprint density at radius 3 is 1.80 bits per heavy atom. The number of fused-ring (bicyclic) bond motifs is 1. The molecule has 0 bridgehead atoms. The van der Waals surface area contributed by atoms with E-state index in [0.29, 0.717) is 29.9 Å². The molecule has 2 aliphatic heterocycles. The molecule has 0 spiro atoms. The van der Waals surface area contributed by atoms with Crippen molar-refractivity contribution in [2.24, 2.45) is 0 Å². The van der Waals surface area contributed by atoms with Crippen LogP contribution in [0.25, 0.3) is 0 Å². The molecule has 0 amide bonds. The Bertz CT molecular complexity index is 1240. The van der Waals surface area contributed by atoms with E-state index in [-0.39, 0.29) is 5.78 Å². The molecule has 12 heteroatoms. The number of carboxylic acid groups (broad SMARTS) is 4. The zero-order valence-corrected chi connectivity index (χ0v) is 25.0. The summed E-state index contributed by atoms with van der Waals surface area (Å²) < 4.78 is 5.88. The van der Waals surface area contributed by atoms with Gasteiger partial charge in [0.15, 0.2) is 5.78 Å². The lowest BCUT2D eigenvalue weighted by Gasteiger charge is -2.44. The fourth-order valence-corrected chi connectivity index (χ4v) is 4.79. The predicted octanol–water partition coefficient (Wildman–Crippen LogP) is 3.67. The summed E-state index contributed by atoms with van der Waals surface area (Å²) in [5.74, 6) is -4.14. The van der Waals surface area contributed by atoms with E-state index in [2.05, 4.69) is 9.80 Å². The van der Waals surface area contributed by atoms with Gasteiger partial charge in [-0.15, -0.1) is 0 Å². The normalized spacial score (nSPS) is 16.4. The van der Waals surface area contributed by atoms with E-state index >= 15 is 0 Å². The molecular formula is C33H40N2O10. The summed E-state index contributed by atoms with van der Waals surface area (Å²) in [6.45, 7) is 6.93. The van der Waals surface area contributed by atoms with Crippen LogP contribution >= 0.6 is 0 Å². The Morgan fingerprint density at radius 1 is 0.689 bits per heavy atom. The highest BCUT2D eigenvalue weighted by molar-refractivity contribution is 6.09. The molecule has 4 rings (SSSR count). The number of hydrogen-bond donors (Lipinski definition) is 4. The summed E-state index contributed by atoms with van der Waals surface area (Å²) in [6, 6.07) is 17.7. The van der Waals surface area contributed by atoms with Crippen molar-refractivity contribution in [3.8, 4) is 5.75 Å². The molecule has 2 heterocycles. The van der Waals surface area contributed by atoms with Crippen molar-refractivity contribution in [2.75, 3.05) is 39.3 Å². The molecule has 242 valence electrons. The molecule has 2 aliphatic rings. The molecule has 2 saturated heterocycles. The van der Waals surface area contributed by atoms with Crippen molar-refractivity contribution in [3.05, 3.63) is 90.0 Å². The number of benzene rings is 2. The maximum absolute atomic E-state index is 12.4. The van der Waals surface area contributed by atoms with Crippen molar-refractivity contribution in [2.45, 2.75) is 38.1 Å². The quantitative estimate of drug-likeness (QED) is 0.153. The SMILES string of the molecule is O=C(O)C=CC(=O)O.O=C(O)C=CC(=O)O.O=C(c1ccccc1)c1ccc(OCCCCN2CCN3CCCCC3C2)cc1. The summed E-state index contributed by atoms with van der Waals surface area (Å²) >= 11 is 0. The third-order valence-electron chi connectivity index (χ3n) is 6.95. The molecule has 12 nitrogen and oxygen atoms in total. The summed E-state index contributed by atoms with van der Waals surface area (Å²) in [5, 5.41) is 31.2. The highest BCUT2D eigenvalue weighted by Crippen LogP contribution is 2.21. The van der Waals surface area contributed by atoms with Crippen LogP contribution in [0.15, 0.2) is 78.9 Å². The van der Waals surface area contributed by atoms with Gasteiger partial charge in [0, 0.05) is 61.1 Å². The molecule has 4 N–H and O–H groups in total. The van der Waals surface area contributed by atoms with Crippen molar-refractivity contribution >= 4 is 29.7 Å². The van der Waals surface area contributed by atoms with Gasteiger partial charge in [0.05, 0.1) is 6.61 Å². The standard InChI is InChI=1S/C25H32N2O2.2C4H4O4/c28-25(21-8-2-1-3-9-21)22-11-13-24(14-12-22)29-19-7-6-15-26-17-18-27-16-5-4-10-23(27)20-26;2*5-3(6)1-2-4(7)8/h1-3,8-9,11-14,23H,4-7,10,15-20H2;2*1-2H,(H,5,6)(H,7,8). The number of carbonyl (C=O) groups is 5. The van der Waals surface area contributed by atoms with Gasteiger partial charge in [-0.05, 0) is 63.0 Å². The van der Waals surface area contributed by atoms with E-state index in [4.69, 9.17) is 25.2 Å². The molecule has 1 atom stereocenters. The third-order valence-corrected chi connectivity index (χ3v) is 6.95. The second kappa shape index (κ2) is 20.2. The van der Waals surface area contributed by atoms with E-state index < -0.39 is 23.9 Å². The Labute approximate surface area is 261 Å². The molecule has 2 aromatic rings. The van der Waals surface area contributed by atoms with Crippen molar-refractivity contribution in [3.63, 3.8) is 0 Å². The van der Waals surface area contributed by atoms with Crippen LogP contribution in [0.1, 0.15) is 48.0 Å². The van der Waals surface area contributed by atoms with Crippen LogP contribution in [0.5, 0.6) is 5.75 Å². The molecule has 45 heavy (non-hydrogen) atoms. The first-order valence-electron chi connectivity index (χ1n) is 14.6. The van der Waals surface area contributed by atoms with E-state index in [0.717, 1.165) is 30.4 Å². The number of hydrogen-bond acceptors (Lipinski definition) is 8. The average molecular weight is 625 g/mol. The minimum absolute atomic E-state index is 0.0511. The van der Waals surface area contributed by atoms with Crippen LogP contribution in [-0.2, 0) is 19.2 Å². The van der Waals surface area contributed by atoms with Crippen LogP contribution in [0.3, 0.4) is 0 Å². The minimum atomic E-state index is -1.26. The molecule has 0 radical (unpaired) electrons. The number of piperazine rings is 1. The van der Waals surface area contributed by atoms with E-state index in [1.807, 2.05) is 54.6 Å². The maximum atomic E-state index is 12.4. The molecular weight excluding hydrogens is 584 g/mol. The molecule has 1 unspecified atom stereocenters. The van der Waals surface area contributed by atoms with Gasteiger partial charge in [-0.2, -0.15) is 0 Å². The smallest absolute Gasteiger partial charge is 0.328 e. The van der Waals surface area contributed by atoms with Gasteiger partial charge < -0.3 is 30.1 Å². The Balaban J connectivity index is 0.000000365. The molecule has 0 aliphatic carbocycles. The third kappa shape index (κ3) is 15.5. The van der Waals surface area contributed by atoms with Gasteiger partial charge in [0.1, 0.15) is 5.75 Å². The Hall–Kier alpha value is -4.81. The summed E-state index contributed by atoms with van der Waals surface area (Å²) in [5.41, 5.74) is 1.42. The minimum Gasteiger partial charge on any atom is -0.494 e. The first-order chi connectivity index (χ1) is 21.5. The maximum Gasteiger partial charge on any atom is 0.328 e. The van der Waals surface area contributed by atoms with Crippen molar-refractivity contribution in [1.29, 1.82) is 0 Å². The highest BCUT2D eigenvalue weighted by Gasteiger charge is 2.28. The lowest BCUT2D eigenvalue weighted by atomic mass is 9.99. The van der Waals surface area contributed by atoms with Crippen molar-refractivity contribution < 1.29 is 49.1 Å². The van der Waals surface area contributed by atoms with Crippen LogP contribution in [0.2, 0.25) is 0 Å². The first-order valence-corrected chi connectivity index (χ1v) is 14.6. The van der Waals surface area contributed by atoms with Gasteiger partial charge >= 0.3 is 23.9 Å². The largest absolute Gasteiger partial charge is 0.494 e. The number of nitrogens with zero attached hydrogens (tertiary/aromatic N) is 2. The zero-order valence-electron chi connectivity index (χ0n) is 25.0. The number of carboxylic acids is 4. The first kappa shape index (κ1) is 36.4. The lowest BCUT2D eigenvalue weighted by Crippen LogP contribution is -2.54. The number of aliphatic carboxylic acids is 4. The Kier molecular flexibility index (Phi) is 16.3. The fraction of sp³-hybridized carbons (Fsp3) is 0.364. The second-order valence-corrected chi connectivity index (χ2v) is 10.3. The monoisotopic (exact) mass is 624 g/mol. The van der Waals surface area contributed by atoms with Gasteiger partial charge in [0.2, 0.25) is 0 Å². The topological polar surface area (TPSA) is 182 Å². The average Bonchev–Trinajstić information content (AvgIpc) is 3.03. The zero-order chi connectivity index (χ0) is 33.0. The van der Waals surface area contributed by atoms with Crippen molar-refractivity contribution in [1.82, 2.24) is 9.80 Å². The summed E-state index contributed by atoms with van der Waals surface area (Å²) in [6.07, 6.45) is 8.64. The second-order valence-electron chi connectivity index (χ2n) is 10.3. The number of ketones is 1. The highest BCUT2D eigenvalue weighted by atomic mass is 16.5. The summed E-state index contributed by atoms with van der Waals surface area (Å²) in [7, 11) is 0. The fourth-order valence-electron chi connectivity index (χ4n) is 4.79. The van der Waals surface area contributed by atoms with Gasteiger partial charge in [0.25, 0.3) is 0 Å². The van der Waals surface area contributed by atoms with E-state index in [1.54, 1.807) is 0 Å². The number of ether oxygens (including phenoxy) is 1. The predicted molar refractivity (Wildman–Crippen MR) is 166 cm³/mol. The number of piperidine rings is 1. The van der Waals surface area contributed by atoms with Crippen LogP contribution < -0.4 is 4.74 Å². The van der Waals surface area contributed by atoms with Gasteiger partial charge in [-0.1, -0.05) is 36.8 Å². The van der Waals surface area contributed by atoms with Gasteiger partial charge in [-0.25, -0.2) is 19.2 Å². The van der Waals surface area contributed by atoms with Crippen LogP contribution in [0, 0.1) is 0 Å². The number of carbonyl (C=O) groups excluding carboxylic acids is 1. The number of unbranched alkanes of at least 4 members (excludes halogenated alkanes) is 1. The molecule has 2 aromatic carbocycles. The molecule has 0 saturated carbocycles. The van der Waals surface area contributed by atoms with Crippen LogP contribution in [-0.4, -0.2) is 105 Å². The number of rotatable bonds is 12. The summed E-state index contributed by atoms with van der Waals surface area (Å²) in [4.78, 5) is 56.0. The van der Waals surface area contributed by atoms with Crippen LogP contribution in [0.4, 0.5) is 0 Å². The Morgan fingerprint density at radius 2 is 1.24 bits per heavy atom. The lowest BCUT2D eigenvalue weighted by molar-refractivity contribution is -0.134. The van der Waals surface area contributed by atoms with E-state index in [9.17, 15) is 24.0 Å². The van der Waals surface area contributed by atoms with Gasteiger partial charge in [-0.3, -0.25) is 9.69 Å². The van der Waals surface area contributed by atoms with E-state index in [1.165, 1.54) is 58.4 Å². The molecule has 2 fully saturated rings.